The molecule has 0 aromatic carbocycles. The quantitative estimate of drug-likeness (QED) is 0.833. The normalized spacial score (nSPS) is 13.1. The molecule has 1 aromatic heterocycles. The first-order chi connectivity index (χ1) is 7.41. The van der Waals surface area contributed by atoms with E-state index in [2.05, 4.69) is 25.2 Å². The van der Waals surface area contributed by atoms with E-state index in [1.807, 2.05) is 13.8 Å². The summed E-state index contributed by atoms with van der Waals surface area (Å²) in [4.78, 5) is 13.5. The minimum absolute atomic E-state index is 0.0949. The van der Waals surface area contributed by atoms with Crippen LogP contribution >= 0.6 is 11.3 Å². The molecule has 2 N–H and O–H groups in total. The molecule has 0 radical (unpaired) electrons. The van der Waals surface area contributed by atoms with Crippen LogP contribution in [0.4, 0.5) is 0 Å². The van der Waals surface area contributed by atoms with Crippen molar-refractivity contribution in [1.82, 2.24) is 5.32 Å². The van der Waals surface area contributed by atoms with Gasteiger partial charge in [0.15, 0.2) is 0 Å². The fraction of sp³-hybridized carbons (Fsp3) is 0.583. The molecule has 1 heterocycles. The smallest absolute Gasteiger partial charge is 0.320 e. The Hall–Kier alpha value is -0.870. The van der Waals surface area contributed by atoms with Crippen molar-refractivity contribution >= 4 is 17.3 Å². The summed E-state index contributed by atoms with van der Waals surface area (Å²) in [6, 6.07) is 1.64. The van der Waals surface area contributed by atoms with Gasteiger partial charge in [-0.2, -0.15) is 0 Å². The predicted octanol–water partition coefficient (Wildman–Crippen LogP) is 2.56. The lowest BCUT2D eigenvalue weighted by atomic mass is 10.0. The molecular weight excluding hydrogens is 222 g/mol. The van der Waals surface area contributed by atoms with E-state index in [0.717, 1.165) is 0 Å². The van der Waals surface area contributed by atoms with Gasteiger partial charge >= 0.3 is 5.97 Å². The fourth-order valence-electron chi connectivity index (χ4n) is 1.69. The van der Waals surface area contributed by atoms with Gasteiger partial charge in [-0.25, -0.2) is 0 Å². The molecule has 16 heavy (non-hydrogen) atoms. The fourth-order valence-corrected chi connectivity index (χ4v) is 2.63. The first kappa shape index (κ1) is 13.2. The second kappa shape index (κ2) is 5.46. The topological polar surface area (TPSA) is 49.3 Å². The van der Waals surface area contributed by atoms with Crippen LogP contribution in [-0.4, -0.2) is 17.1 Å². The highest BCUT2D eigenvalue weighted by atomic mass is 32.1. The molecule has 0 saturated heterocycles. The van der Waals surface area contributed by atoms with Crippen LogP contribution in [0.2, 0.25) is 0 Å². The Morgan fingerprint density at radius 2 is 2.12 bits per heavy atom. The number of carbonyl (C=O) groups is 1. The summed E-state index contributed by atoms with van der Waals surface area (Å²) in [5.74, 6) is -0.683. The van der Waals surface area contributed by atoms with Crippen molar-refractivity contribution in [3.05, 3.63) is 21.4 Å². The van der Waals surface area contributed by atoms with Gasteiger partial charge in [-0.15, -0.1) is 11.3 Å². The van der Waals surface area contributed by atoms with Crippen molar-refractivity contribution in [2.75, 3.05) is 0 Å². The highest BCUT2D eigenvalue weighted by Gasteiger charge is 2.20. The number of rotatable bonds is 5. The van der Waals surface area contributed by atoms with Crippen LogP contribution < -0.4 is 5.32 Å². The molecule has 1 atom stereocenters. The maximum atomic E-state index is 11.0. The largest absolute Gasteiger partial charge is 0.480 e. The number of nitrogens with one attached hydrogen (secondary N) is 1. The van der Waals surface area contributed by atoms with E-state index in [1.54, 1.807) is 11.3 Å². The molecule has 90 valence electrons. The maximum Gasteiger partial charge on any atom is 0.320 e. The van der Waals surface area contributed by atoms with Gasteiger partial charge in [-0.1, -0.05) is 13.8 Å². The molecule has 0 fully saturated rings. The van der Waals surface area contributed by atoms with E-state index < -0.39 is 12.0 Å². The predicted molar refractivity (Wildman–Crippen MR) is 66.9 cm³/mol. The van der Waals surface area contributed by atoms with Crippen molar-refractivity contribution in [2.45, 2.75) is 40.3 Å². The first-order valence-electron chi connectivity index (χ1n) is 5.44. The van der Waals surface area contributed by atoms with E-state index >= 15 is 0 Å². The SMILES string of the molecule is Cc1cc(CNC(C(=O)O)C(C)C)c(C)s1. The highest BCUT2D eigenvalue weighted by Crippen LogP contribution is 2.20. The summed E-state index contributed by atoms with van der Waals surface area (Å²) in [5.41, 5.74) is 1.20. The number of hydrogen-bond acceptors (Lipinski definition) is 3. The van der Waals surface area contributed by atoms with Crippen LogP contribution in [0.5, 0.6) is 0 Å². The second-order valence-corrected chi connectivity index (χ2v) is 5.84. The Morgan fingerprint density at radius 3 is 2.50 bits per heavy atom. The summed E-state index contributed by atoms with van der Waals surface area (Å²) < 4.78 is 0. The third kappa shape index (κ3) is 3.32. The van der Waals surface area contributed by atoms with Gasteiger partial charge in [0, 0.05) is 16.3 Å². The highest BCUT2D eigenvalue weighted by molar-refractivity contribution is 7.12. The van der Waals surface area contributed by atoms with Crippen molar-refractivity contribution < 1.29 is 9.90 Å². The summed E-state index contributed by atoms with van der Waals surface area (Å²) in [7, 11) is 0. The Morgan fingerprint density at radius 1 is 1.50 bits per heavy atom. The number of thiophene rings is 1. The molecule has 1 rings (SSSR count). The van der Waals surface area contributed by atoms with Gasteiger partial charge in [0.2, 0.25) is 0 Å². The molecular formula is C12H19NO2S. The maximum absolute atomic E-state index is 11.0. The molecule has 4 heteroatoms. The van der Waals surface area contributed by atoms with Gasteiger partial charge in [0.25, 0.3) is 0 Å². The Bertz CT molecular complexity index is 371. The van der Waals surface area contributed by atoms with Crippen LogP contribution in [0, 0.1) is 19.8 Å². The van der Waals surface area contributed by atoms with E-state index in [-0.39, 0.29) is 5.92 Å². The summed E-state index contributed by atoms with van der Waals surface area (Å²) in [6.45, 7) is 8.60. The molecule has 0 saturated carbocycles. The van der Waals surface area contributed by atoms with Gasteiger partial charge in [0.05, 0.1) is 0 Å². The third-order valence-corrected chi connectivity index (χ3v) is 3.60. The summed E-state index contributed by atoms with van der Waals surface area (Å²) >= 11 is 1.75. The minimum Gasteiger partial charge on any atom is -0.480 e. The van der Waals surface area contributed by atoms with Gasteiger partial charge in [0.1, 0.15) is 6.04 Å². The van der Waals surface area contributed by atoms with Gasteiger partial charge < -0.3 is 10.4 Å². The molecule has 0 spiro atoms. The molecule has 1 unspecified atom stereocenters. The molecule has 1 aromatic rings. The van der Waals surface area contributed by atoms with Crippen LogP contribution in [0.15, 0.2) is 6.07 Å². The van der Waals surface area contributed by atoms with Gasteiger partial charge in [-0.05, 0) is 31.4 Å². The summed E-state index contributed by atoms with van der Waals surface area (Å²) in [6.07, 6.45) is 0. The standard InChI is InChI=1S/C12H19NO2S/c1-7(2)11(12(14)15)13-6-10-5-8(3)16-9(10)4/h5,7,11,13H,6H2,1-4H3,(H,14,15). The van der Waals surface area contributed by atoms with Crippen molar-refractivity contribution in [3.63, 3.8) is 0 Å². The average molecular weight is 241 g/mol. The molecule has 3 nitrogen and oxygen atoms in total. The second-order valence-electron chi connectivity index (χ2n) is 4.38. The van der Waals surface area contributed by atoms with Crippen LogP contribution in [0.3, 0.4) is 0 Å². The number of carboxylic acids is 1. The Balaban J connectivity index is 2.62. The van der Waals surface area contributed by atoms with Crippen LogP contribution in [0.1, 0.15) is 29.2 Å². The minimum atomic E-state index is -0.778. The van der Waals surface area contributed by atoms with E-state index in [9.17, 15) is 4.79 Å². The molecule has 0 aliphatic carbocycles. The van der Waals surface area contributed by atoms with Crippen molar-refractivity contribution in [2.24, 2.45) is 5.92 Å². The first-order valence-corrected chi connectivity index (χ1v) is 6.25. The molecule has 0 amide bonds. The Kier molecular flexibility index (Phi) is 4.50. The molecule has 0 aliphatic heterocycles. The lowest BCUT2D eigenvalue weighted by molar-refractivity contribution is -0.140. The molecule has 0 aliphatic rings. The van der Waals surface area contributed by atoms with E-state index in [0.29, 0.717) is 6.54 Å². The molecule has 0 bridgehead atoms. The monoisotopic (exact) mass is 241 g/mol. The number of carboxylic acid groups (broad SMARTS) is 1. The Labute approximate surface area is 100 Å². The number of aliphatic carboxylic acids is 1. The third-order valence-electron chi connectivity index (χ3n) is 2.59. The zero-order valence-electron chi connectivity index (χ0n) is 10.2. The lowest BCUT2D eigenvalue weighted by Crippen LogP contribution is -2.40. The van der Waals surface area contributed by atoms with Crippen molar-refractivity contribution in [3.8, 4) is 0 Å². The van der Waals surface area contributed by atoms with E-state index in [4.69, 9.17) is 5.11 Å². The lowest BCUT2D eigenvalue weighted by Gasteiger charge is -2.17. The van der Waals surface area contributed by atoms with Crippen LogP contribution in [-0.2, 0) is 11.3 Å². The van der Waals surface area contributed by atoms with E-state index in [1.165, 1.54) is 15.3 Å². The number of aryl methyl sites for hydroxylation is 2. The summed E-state index contributed by atoms with van der Waals surface area (Å²) in [5, 5.41) is 12.1. The van der Waals surface area contributed by atoms with Gasteiger partial charge in [-0.3, -0.25) is 4.79 Å². The zero-order valence-corrected chi connectivity index (χ0v) is 11.0. The van der Waals surface area contributed by atoms with Crippen LogP contribution in [0.25, 0.3) is 0 Å². The van der Waals surface area contributed by atoms with Crippen molar-refractivity contribution in [1.29, 1.82) is 0 Å². The number of hydrogen-bond donors (Lipinski definition) is 2. The average Bonchev–Trinajstić information content (AvgIpc) is 2.44. The zero-order chi connectivity index (χ0) is 12.3.